The average Bonchev–Trinajstić information content (AvgIpc) is 2.76. The molecule has 2 aromatic carbocycles. The third-order valence-corrected chi connectivity index (χ3v) is 5.08. The number of benzene rings is 2. The molecule has 2 heterocycles. The largest absolute Gasteiger partial charge is 0.321 e. The molecule has 156 valence electrons. The van der Waals surface area contributed by atoms with Crippen LogP contribution in [0.4, 0.5) is 11.4 Å². The van der Waals surface area contributed by atoms with Gasteiger partial charge in [0.1, 0.15) is 11.5 Å². The van der Waals surface area contributed by atoms with Crippen LogP contribution in [0.2, 0.25) is 0 Å². The Morgan fingerprint density at radius 2 is 1.87 bits per heavy atom. The van der Waals surface area contributed by atoms with Crippen molar-refractivity contribution >= 4 is 28.9 Å². The van der Waals surface area contributed by atoms with Crippen LogP contribution in [0.5, 0.6) is 0 Å². The molecule has 0 radical (unpaired) electrons. The molecule has 3 aromatic rings. The van der Waals surface area contributed by atoms with E-state index in [0.717, 1.165) is 22.4 Å². The minimum atomic E-state index is -0.321. The number of nitrogens with zero attached hydrogens (tertiary/aromatic N) is 4. The first-order chi connectivity index (χ1) is 14.9. The molecule has 2 amide bonds. The summed E-state index contributed by atoms with van der Waals surface area (Å²) in [5, 5.41) is 8.64. The van der Waals surface area contributed by atoms with Crippen molar-refractivity contribution in [2.75, 3.05) is 10.3 Å². The molecule has 1 aromatic heterocycles. The number of hydrogen-bond acceptors (Lipinski definition) is 5. The fraction of sp³-hybridized carbons (Fsp3) is 0.208. The molecule has 1 aliphatic heterocycles. The second-order valence-electron chi connectivity index (χ2n) is 7.57. The molecule has 0 unspecified atom stereocenters. The molecule has 1 aliphatic rings. The van der Waals surface area contributed by atoms with Gasteiger partial charge in [0.15, 0.2) is 0 Å². The summed E-state index contributed by atoms with van der Waals surface area (Å²) in [6.45, 7) is 5.71. The van der Waals surface area contributed by atoms with Gasteiger partial charge in [-0.2, -0.15) is 5.10 Å². The van der Waals surface area contributed by atoms with Gasteiger partial charge in [-0.15, -0.1) is 0 Å². The Labute approximate surface area is 180 Å². The Bertz CT molecular complexity index is 1200. The molecule has 4 rings (SSSR count). The summed E-state index contributed by atoms with van der Waals surface area (Å²) < 4.78 is 0. The van der Waals surface area contributed by atoms with Crippen molar-refractivity contribution in [1.29, 1.82) is 0 Å². The van der Waals surface area contributed by atoms with Gasteiger partial charge < -0.3 is 5.32 Å². The standard InChI is InChI=1S/C24H23N5O2/c1-15-7-8-16(2)22(13-15)29-23(30)10-9-21(28-29)24(31)27-19-6-4-5-18(14-19)20-11-12-25-17(3)26-20/h4-8,11-14H,9-10H2,1-3H3,(H,27,31). The first-order valence-electron chi connectivity index (χ1n) is 10.1. The molecule has 0 atom stereocenters. The van der Waals surface area contributed by atoms with E-state index in [2.05, 4.69) is 20.4 Å². The molecule has 1 N–H and O–H groups in total. The van der Waals surface area contributed by atoms with Crippen molar-refractivity contribution in [2.45, 2.75) is 33.6 Å². The molecule has 0 aliphatic carbocycles. The number of rotatable bonds is 4. The molecule has 0 spiro atoms. The van der Waals surface area contributed by atoms with Crippen LogP contribution in [0, 0.1) is 20.8 Å². The van der Waals surface area contributed by atoms with Crippen molar-refractivity contribution in [1.82, 2.24) is 9.97 Å². The molecule has 0 fully saturated rings. The van der Waals surface area contributed by atoms with Crippen molar-refractivity contribution in [2.24, 2.45) is 5.10 Å². The number of carbonyl (C=O) groups excluding carboxylic acids is 2. The predicted octanol–water partition coefficient (Wildman–Crippen LogP) is 4.19. The fourth-order valence-electron chi connectivity index (χ4n) is 3.43. The Morgan fingerprint density at radius 3 is 2.68 bits per heavy atom. The number of amides is 2. The maximum Gasteiger partial charge on any atom is 0.271 e. The van der Waals surface area contributed by atoms with E-state index >= 15 is 0 Å². The zero-order valence-corrected chi connectivity index (χ0v) is 17.7. The Morgan fingerprint density at radius 1 is 1.03 bits per heavy atom. The lowest BCUT2D eigenvalue weighted by molar-refractivity contribution is -0.118. The van der Waals surface area contributed by atoms with E-state index < -0.39 is 0 Å². The SMILES string of the molecule is Cc1ccc(C)c(N2N=C(C(=O)Nc3cccc(-c4ccnc(C)n4)c3)CCC2=O)c1. The highest BCUT2D eigenvalue weighted by atomic mass is 16.2. The van der Waals surface area contributed by atoms with Crippen LogP contribution in [-0.4, -0.2) is 27.5 Å². The predicted molar refractivity (Wildman–Crippen MR) is 121 cm³/mol. The first-order valence-corrected chi connectivity index (χ1v) is 10.1. The molecule has 0 saturated heterocycles. The van der Waals surface area contributed by atoms with Crippen LogP contribution in [0.25, 0.3) is 11.3 Å². The van der Waals surface area contributed by atoms with Gasteiger partial charge in [-0.3, -0.25) is 9.59 Å². The van der Waals surface area contributed by atoms with Crippen molar-refractivity contribution in [3.63, 3.8) is 0 Å². The van der Waals surface area contributed by atoms with E-state index in [1.165, 1.54) is 5.01 Å². The van der Waals surface area contributed by atoms with E-state index in [-0.39, 0.29) is 18.2 Å². The highest BCUT2D eigenvalue weighted by Crippen LogP contribution is 2.26. The van der Waals surface area contributed by atoms with Gasteiger partial charge in [0.25, 0.3) is 5.91 Å². The summed E-state index contributed by atoms with van der Waals surface area (Å²) in [5.41, 5.74) is 5.28. The van der Waals surface area contributed by atoms with Crippen LogP contribution in [0.15, 0.2) is 59.8 Å². The number of aromatic nitrogens is 2. The van der Waals surface area contributed by atoms with Crippen LogP contribution >= 0.6 is 0 Å². The summed E-state index contributed by atoms with van der Waals surface area (Å²) in [4.78, 5) is 33.9. The molecular formula is C24H23N5O2. The van der Waals surface area contributed by atoms with Crippen LogP contribution in [-0.2, 0) is 9.59 Å². The van der Waals surface area contributed by atoms with Crippen molar-refractivity contribution < 1.29 is 9.59 Å². The summed E-state index contributed by atoms with van der Waals surface area (Å²) in [5.74, 6) is 0.241. The number of hydrazone groups is 1. The Kier molecular flexibility index (Phi) is 5.58. The second kappa shape index (κ2) is 8.47. The first kappa shape index (κ1) is 20.4. The minimum absolute atomic E-state index is 0.119. The van der Waals surface area contributed by atoms with Gasteiger partial charge in [0, 0.05) is 30.3 Å². The zero-order valence-electron chi connectivity index (χ0n) is 17.7. The highest BCUT2D eigenvalue weighted by molar-refractivity contribution is 6.44. The van der Waals surface area contributed by atoms with E-state index in [4.69, 9.17) is 0 Å². The third-order valence-electron chi connectivity index (χ3n) is 5.08. The quantitative estimate of drug-likeness (QED) is 0.695. The number of nitrogens with one attached hydrogen (secondary N) is 1. The van der Waals surface area contributed by atoms with E-state index in [9.17, 15) is 9.59 Å². The second-order valence-corrected chi connectivity index (χ2v) is 7.57. The van der Waals surface area contributed by atoms with Gasteiger partial charge >= 0.3 is 0 Å². The topological polar surface area (TPSA) is 87.6 Å². The third kappa shape index (κ3) is 4.50. The maximum absolute atomic E-state index is 12.9. The maximum atomic E-state index is 12.9. The monoisotopic (exact) mass is 413 g/mol. The van der Waals surface area contributed by atoms with Crippen molar-refractivity contribution in [3.8, 4) is 11.3 Å². The number of aryl methyl sites for hydroxylation is 3. The van der Waals surface area contributed by atoms with Crippen LogP contribution in [0.3, 0.4) is 0 Å². The molecule has 31 heavy (non-hydrogen) atoms. The number of carbonyl (C=O) groups is 2. The van der Waals surface area contributed by atoms with E-state index in [1.807, 2.05) is 69.3 Å². The summed E-state index contributed by atoms with van der Waals surface area (Å²) in [7, 11) is 0. The number of anilines is 2. The molecule has 7 heteroatoms. The lowest BCUT2D eigenvalue weighted by Gasteiger charge is -2.24. The zero-order chi connectivity index (χ0) is 22.0. The Balaban J connectivity index is 1.58. The van der Waals surface area contributed by atoms with Crippen LogP contribution < -0.4 is 10.3 Å². The lowest BCUT2D eigenvalue weighted by atomic mass is 10.1. The van der Waals surface area contributed by atoms with Gasteiger partial charge in [0.05, 0.1) is 11.4 Å². The minimum Gasteiger partial charge on any atom is -0.321 e. The molecule has 0 saturated carbocycles. The highest BCUT2D eigenvalue weighted by Gasteiger charge is 2.26. The van der Waals surface area contributed by atoms with E-state index in [0.29, 0.717) is 29.3 Å². The van der Waals surface area contributed by atoms with Gasteiger partial charge in [0.2, 0.25) is 5.91 Å². The molecule has 0 bridgehead atoms. The number of hydrogen-bond donors (Lipinski definition) is 1. The fourth-order valence-corrected chi connectivity index (χ4v) is 3.43. The molecular weight excluding hydrogens is 390 g/mol. The summed E-state index contributed by atoms with van der Waals surface area (Å²) in [6, 6.07) is 15.1. The smallest absolute Gasteiger partial charge is 0.271 e. The van der Waals surface area contributed by atoms with Crippen LogP contribution in [0.1, 0.15) is 29.8 Å². The van der Waals surface area contributed by atoms with Gasteiger partial charge in [-0.05, 0) is 56.2 Å². The van der Waals surface area contributed by atoms with Gasteiger partial charge in [-0.1, -0.05) is 24.3 Å². The average molecular weight is 413 g/mol. The summed E-state index contributed by atoms with van der Waals surface area (Å²) in [6.07, 6.45) is 2.25. The van der Waals surface area contributed by atoms with E-state index in [1.54, 1.807) is 6.20 Å². The molecule has 7 nitrogen and oxygen atoms in total. The normalized spacial score (nSPS) is 13.7. The van der Waals surface area contributed by atoms with Gasteiger partial charge in [-0.25, -0.2) is 15.0 Å². The summed E-state index contributed by atoms with van der Waals surface area (Å²) >= 11 is 0. The lowest BCUT2D eigenvalue weighted by Crippen LogP contribution is -2.36. The van der Waals surface area contributed by atoms with Crippen molar-refractivity contribution in [3.05, 3.63) is 71.7 Å². The Hall–Kier alpha value is -3.87.